The highest BCUT2D eigenvalue weighted by molar-refractivity contribution is 7.12. The second-order valence-electron chi connectivity index (χ2n) is 6.21. The van der Waals surface area contributed by atoms with E-state index in [1.807, 2.05) is 48.5 Å². The van der Waals surface area contributed by atoms with Gasteiger partial charge in [0, 0.05) is 22.8 Å². The summed E-state index contributed by atoms with van der Waals surface area (Å²) in [6.45, 7) is 0.498. The lowest BCUT2D eigenvalue weighted by Gasteiger charge is -2.06. The van der Waals surface area contributed by atoms with Gasteiger partial charge in [0.05, 0.1) is 12.0 Å². The molecule has 0 saturated carbocycles. The first-order chi connectivity index (χ1) is 13.2. The van der Waals surface area contributed by atoms with Crippen LogP contribution in [0.25, 0.3) is 21.8 Å². The maximum Gasteiger partial charge on any atom is 0.261 e. The van der Waals surface area contributed by atoms with Crippen molar-refractivity contribution >= 4 is 39.0 Å². The largest absolute Gasteiger partial charge is 0.497 e. The third kappa shape index (κ3) is 3.44. The van der Waals surface area contributed by atoms with Crippen LogP contribution in [0.4, 0.5) is 0 Å². The number of ether oxygens (including phenoxy) is 1. The fourth-order valence-corrected chi connectivity index (χ4v) is 3.90. The molecule has 2 aromatic carbocycles. The van der Waals surface area contributed by atoms with E-state index in [0.717, 1.165) is 38.9 Å². The van der Waals surface area contributed by atoms with Crippen LogP contribution in [-0.2, 0) is 6.42 Å². The number of aromatic nitrogens is 1. The van der Waals surface area contributed by atoms with Crippen LogP contribution in [0.15, 0.2) is 59.4 Å². The first-order valence-corrected chi connectivity index (χ1v) is 9.43. The van der Waals surface area contributed by atoms with E-state index in [-0.39, 0.29) is 10.6 Å². The van der Waals surface area contributed by atoms with E-state index in [4.69, 9.17) is 4.74 Å². The quantitative estimate of drug-likeness (QED) is 0.556. The molecule has 0 atom stereocenters. The van der Waals surface area contributed by atoms with Crippen molar-refractivity contribution in [3.05, 3.63) is 74.6 Å². The Morgan fingerprint density at radius 1 is 1.11 bits per heavy atom. The highest BCUT2D eigenvalue weighted by Gasteiger charge is 2.13. The van der Waals surface area contributed by atoms with Gasteiger partial charge in [-0.3, -0.25) is 9.59 Å². The van der Waals surface area contributed by atoms with Gasteiger partial charge in [-0.25, -0.2) is 0 Å². The molecular formula is C21H18N2O3S. The maximum atomic E-state index is 12.5. The molecule has 0 aliphatic rings. The summed E-state index contributed by atoms with van der Waals surface area (Å²) >= 11 is 0.966. The van der Waals surface area contributed by atoms with E-state index in [1.54, 1.807) is 13.2 Å². The number of carbonyl (C=O) groups excluding carboxylic acids is 1. The number of fused-ring (bicyclic) bond motifs is 3. The van der Waals surface area contributed by atoms with Crippen molar-refractivity contribution in [2.45, 2.75) is 6.42 Å². The summed E-state index contributed by atoms with van der Waals surface area (Å²) < 4.78 is 5.00. The van der Waals surface area contributed by atoms with E-state index in [2.05, 4.69) is 10.3 Å². The Morgan fingerprint density at radius 3 is 2.67 bits per heavy atom. The standard InChI is InChI=1S/C21H18N2O3S/c1-26-14-8-6-13(7-9-14)10-11-22-20(24)18-12-16-15-4-2-3-5-17(15)23-19(16)21(25)27-18/h2-9,12,23H,10-11H2,1H3,(H,22,24). The average molecular weight is 378 g/mol. The number of nitrogens with one attached hydrogen (secondary N) is 2. The van der Waals surface area contributed by atoms with Crippen molar-refractivity contribution in [1.82, 2.24) is 10.3 Å². The van der Waals surface area contributed by atoms with Crippen LogP contribution in [0.2, 0.25) is 0 Å². The third-order valence-corrected chi connectivity index (χ3v) is 5.42. The highest BCUT2D eigenvalue weighted by Crippen LogP contribution is 2.25. The first kappa shape index (κ1) is 17.3. The van der Waals surface area contributed by atoms with Crippen LogP contribution in [0.3, 0.4) is 0 Å². The smallest absolute Gasteiger partial charge is 0.261 e. The Balaban J connectivity index is 1.52. The Hall–Kier alpha value is -3.12. The Morgan fingerprint density at radius 2 is 1.89 bits per heavy atom. The molecule has 6 heteroatoms. The van der Waals surface area contributed by atoms with Crippen molar-refractivity contribution in [3.63, 3.8) is 0 Å². The van der Waals surface area contributed by atoms with Gasteiger partial charge >= 0.3 is 0 Å². The number of rotatable bonds is 5. The van der Waals surface area contributed by atoms with Gasteiger partial charge < -0.3 is 15.0 Å². The molecule has 1 amide bonds. The molecule has 0 radical (unpaired) electrons. The van der Waals surface area contributed by atoms with E-state index < -0.39 is 0 Å². The zero-order chi connectivity index (χ0) is 18.8. The zero-order valence-corrected chi connectivity index (χ0v) is 15.6. The Labute approximate surface area is 159 Å². The molecule has 0 saturated heterocycles. The van der Waals surface area contributed by atoms with Crippen molar-refractivity contribution in [3.8, 4) is 5.75 Å². The molecule has 4 rings (SSSR count). The molecule has 0 spiro atoms. The topological polar surface area (TPSA) is 71.2 Å². The SMILES string of the molecule is COc1ccc(CCNC(=O)c2cc3c([nH]c4ccccc43)c(=O)s2)cc1. The minimum atomic E-state index is -0.224. The number of methoxy groups -OCH3 is 1. The molecule has 0 fully saturated rings. The molecule has 2 aromatic heterocycles. The van der Waals surface area contributed by atoms with Crippen LogP contribution in [0.1, 0.15) is 15.2 Å². The second-order valence-corrected chi connectivity index (χ2v) is 7.23. The van der Waals surface area contributed by atoms with Gasteiger partial charge in [0.25, 0.3) is 10.6 Å². The average Bonchev–Trinajstić information content (AvgIpc) is 3.08. The molecule has 27 heavy (non-hydrogen) atoms. The summed E-state index contributed by atoms with van der Waals surface area (Å²) in [5.41, 5.74) is 2.56. The molecule has 4 aromatic rings. The molecular weight excluding hydrogens is 360 g/mol. The fraction of sp³-hybridized carbons (Fsp3) is 0.143. The van der Waals surface area contributed by atoms with Crippen molar-refractivity contribution in [2.75, 3.05) is 13.7 Å². The van der Waals surface area contributed by atoms with Crippen molar-refractivity contribution < 1.29 is 9.53 Å². The van der Waals surface area contributed by atoms with Gasteiger partial charge in [0.15, 0.2) is 0 Å². The van der Waals surface area contributed by atoms with Crippen LogP contribution >= 0.6 is 11.3 Å². The van der Waals surface area contributed by atoms with E-state index in [9.17, 15) is 9.59 Å². The van der Waals surface area contributed by atoms with Crippen LogP contribution in [-0.4, -0.2) is 24.5 Å². The van der Waals surface area contributed by atoms with Gasteiger partial charge in [0.2, 0.25) is 0 Å². The molecule has 5 nitrogen and oxygen atoms in total. The van der Waals surface area contributed by atoms with E-state index in [0.29, 0.717) is 23.4 Å². The number of H-pyrrole nitrogens is 1. The number of hydrogen-bond acceptors (Lipinski definition) is 4. The summed E-state index contributed by atoms with van der Waals surface area (Å²) in [6, 6.07) is 17.2. The van der Waals surface area contributed by atoms with Crippen LogP contribution in [0.5, 0.6) is 5.75 Å². The van der Waals surface area contributed by atoms with Crippen LogP contribution in [0, 0.1) is 0 Å². The Kier molecular flexibility index (Phi) is 4.64. The molecule has 0 bridgehead atoms. The summed E-state index contributed by atoms with van der Waals surface area (Å²) in [5.74, 6) is 0.581. The zero-order valence-electron chi connectivity index (χ0n) is 14.7. The van der Waals surface area contributed by atoms with Crippen LogP contribution < -0.4 is 14.8 Å². The summed E-state index contributed by atoms with van der Waals surface area (Å²) in [4.78, 5) is 28.5. The molecule has 2 heterocycles. The monoisotopic (exact) mass is 378 g/mol. The minimum absolute atomic E-state index is 0.135. The predicted octanol–water partition coefficient (Wildman–Crippen LogP) is 3.72. The molecule has 2 N–H and O–H groups in total. The van der Waals surface area contributed by atoms with Gasteiger partial charge in [-0.15, -0.1) is 0 Å². The molecule has 0 aliphatic carbocycles. The van der Waals surface area contributed by atoms with E-state index >= 15 is 0 Å². The fourth-order valence-electron chi connectivity index (χ4n) is 3.10. The number of hydrogen-bond donors (Lipinski definition) is 2. The van der Waals surface area contributed by atoms with E-state index in [1.165, 1.54) is 0 Å². The third-order valence-electron chi connectivity index (χ3n) is 4.51. The lowest BCUT2D eigenvalue weighted by atomic mass is 10.1. The molecule has 0 aliphatic heterocycles. The number of aromatic amines is 1. The van der Waals surface area contributed by atoms with Gasteiger partial charge in [0.1, 0.15) is 11.3 Å². The minimum Gasteiger partial charge on any atom is -0.497 e. The summed E-state index contributed by atoms with van der Waals surface area (Å²) in [7, 11) is 1.63. The number of carbonyl (C=O) groups is 1. The first-order valence-electron chi connectivity index (χ1n) is 8.61. The summed E-state index contributed by atoms with van der Waals surface area (Å²) in [5, 5.41) is 4.63. The molecule has 136 valence electrons. The number of amides is 1. The molecule has 0 unspecified atom stereocenters. The lowest BCUT2D eigenvalue weighted by Crippen LogP contribution is -2.25. The lowest BCUT2D eigenvalue weighted by molar-refractivity contribution is 0.0958. The van der Waals surface area contributed by atoms with Crippen molar-refractivity contribution in [2.24, 2.45) is 0 Å². The predicted molar refractivity (Wildman–Crippen MR) is 109 cm³/mol. The number of benzene rings is 2. The maximum absolute atomic E-state index is 12.5. The highest BCUT2D eigenvalue weighted by atomic mass is 32.1. The van der Waals surface area contributed by atoms with Gasteiger partial charge in [-0.05, 0) is 36.2 Å². The van der Waals surface area contributed by atoms with Gasteiger partial charge in [-0.1, -0.05) is 41.7 Å². The Bertz CT molecular complexity index is 1180. The second kappa shape index (κ2) is 7.25. The summed E-state index contributed by atoms with van der Waals surface area (Å²) in [6.07, 6.45) is 0.708. The number of para-hydroxylation sites is 1. The van der Waals surface area contributed by atoms with Crippen molar-refractivity contribution in [1.29, 1.82) is 0 Å². The van der Waals surface area contributed by atoms with Gasteiger partial charge in [-0.2, -0.15) is 0 Å². The normalized spacial score (nSPS) is 11.0.